The molecule has 1 fully saturated rings. The third-order valence-corrected chi connectivity index (χ3v) is 6.02. The van der Waals surface area contributed by atoms with Crippen molar-refractivity contribution in [1.82, 2.24) is 14.9 Å². The quantitative estimate of drug-likeness (QED) is 0.735. The van der Waals surface area contributed by atoms with Crippen molar-refractivity contribution in [2.75, 3.05) is 19.3 Å². The first-order valence-electron chi connectivity index (χ1n) is 10.1. The van der Waals surface area contributed by atoms with Crippen molar-refractivity contribution in [3.05, 3.63) is 59.9 Å². The molecule has 30 heavy (non-hydrogen) atoms. The largest absolute Gasteiger partial charge is 0.338 e. The molecule has 1 saturated heterocycles. The van der Waals surface area contributed by atoms with Gasteiger partial charge in [0.1, 0.15) is 5.82 Å². The minimum Gasteiger partial charge on any atom is -0.338 e. The molecule has 0 aromatic heterocycles. The van der Waals surface area contributed by atoms with E-state index in [-0.39, 0.29) is 23.9 Å². The number of urea groups is 1. The molecule has 0 bridgehead atoms. The second-order valence-corrected chi connectivity index (χ2v) is 9.40. The summed E-state index contributed by atoms with van der Waals surface area (Å²) in [6.07, 6.45) is 2.97. The molecule has 2 amide bonds. The number of nitrogens with one attached hydrogen (secondary N) is 2. The van der Waals surface area contributed by atoms with E-state index >= 15 is 0 Å². The molecule has 1 aliphatic rings. The molecular weight excluding hydrogens is 405 g/mol. The van der Waals surface area contributed by atoms with Gasteiger partial charge in [-0.05, 0) is 43.4 Å². The lowest BCUT2D eigenvalue weighted by atomic mass is 9.90. The number of hydrogen-bond donors (Lipinski definition) is 2. The van der Waals surface area contributed by atoms with Crippen LogP contribution in [0.5, 0.6) is 0 Å². The van der Waals surface area contributed by atoms with Crippen molar-refractivity contribution in [2.24, 2.45) is 0 Å². The molecule has 2 aromatic carbocycles. The van der Waals surface area contributed by atoms with Crippen LogP contribution < -0.4 is 10.0 Å². The fourth-order valence-corrected chi connectivity index (χ4v) is 4.85. The predicted octanol–water partition coefficient (Wildman–Crippen LogP) is 3.15. The van der Waals surface area contributed by atoms with E-state index in [4.69, 9.17) is 0 Å². The number of rotatable bonds is 6. The Balaban J connectivity index is 1.91. The summed E-state index contributed by atoms with van der Waals surface area (Å²) in [7, 11) is -3.43. The first-order valence-corrected chi connectivity index (χ1v) is 12.0. The molecule has 0 radical (unpaired) electrons. The zero-order chi connectivity index (χ0) is 21.7. The summed E-state index contributed by atoms with van der Waals surface area (Å²) >= 11 is 0. The van der Waals surface area contributed by atoms with Crippen molar-refractivity contribution in [3.8, 4) is 11.1 Å². The van der Waals surface area contributed by atoms with Gasteiger partial charge in [0, 0.05) is 24.7 Å². The highest BCUT2D eigenvalue weighted by molar-refractivity contribution is 7.88. The second-order valence-electron chi connectivity index (χ2n) is 7.62. The molecule has 6 nitrogen and oxygen atoms in total. The summed E-state index contributed by atoms with van der Waals surface area (Å²) in [6.45, 7) is 2.90. The van der Waals surface area contributed by atoms with E-state index in [1.54, 1.807) is 23.1 Å². The van der Waals surface area contributed by atoms with Crippen LogP contribution in [0.15, 0.2) is 48.5 Å². The lowest BCUT2D eigenvalue weighted by Gasteiger charge is -2.41. The number of likely N-dealkylation sites (tertiary alicyclic amines) is 1. The molecule has 8 heteroatoms. The van der Waals surface area contributed by atoms with E-state index in [1.807, 2.05) is 31.2 Å². The first-order chi connectivity index (χ1) is 14.3. The Kier molecular flexibility index (Phi) is 7.10. The van der Waals surface area contributed by atoms with Crippen LogP contribution in [0.2, 0.25) is 0 Å². The van der Waals surface area contributed by atoms with Gasteiger partial charge in [-0.3, -0.25) is 0 Å². The van der Waals surface area contributed by atoms with E-state index in [9.17, 15) is 17.6 Å². The maximum atomic E-state index is 14.2. The molecule has 0 spiro atoms. The van der Waals surface area contributed by atoms with E-state index in [1.165, 1.54) is 6.07 Å². The van der Waals surface area contributed by atoms with Gasteiger partial charge in [-0.1, -0.05) is 42.5 Å². The fraction of sp³-hybridized carbons (Fsp3) is 0.409. The Morgan fingerprint density at radius 2 is 1.97 bits per heavy atom. The highest BCUT2D eigenvalue weighted by Gasteiger charge is 2.35. The Morgan fingerprint density at radius 3 is 2.67 bits per heavy atom. The Morgan fingerprint density at radius 1 is 1.20 bits per heavy atom. The number of carbonyl (C=O) groups excluding carboxylic acids is 1. The van der Waals surface area contributed by atoms with E-state index in [0.717, 1.165) is 23.8 Å². The predicted molar refractivity (Wildman–Crippen MR) is 116 cm³/mol. The zero-order valence-corrected chi connectivity index (χ0v) is 18.1. The van der Waals surface area contributed by atoms with Crippen LogP contribution >= 0.6 is 0 Å². The normalized spacial score (nSPS) is 19.5. The smallest absolute Gasteiger partial charge is 0.317 e. The number of halogens is 1. The molecule has 2 N–H and O–H groups in total. The molecule has 162 valence electrons. The van der Waals surface area contributed by atoms with Crippen LogP contribution in [0.3, 0.4) is 0 Å². The minimum atomic E-state index is -3.43. The number of sulfonamides is 1. The van der Waals surface area contributed by atoms with E-state index in [0.29, 0.717) is 31.5 Å². The molecule has 1 aliphatic heterocycles. The third-order valence-electron chi connectivity index (χ3n) is 5.29. The average molecular weight is 434 g/mol. The van der Waals surface area contributed by atoms with Crippen molar-refractivity contribution in [3.63, 3.8) is 0 Å². The number of carbonyl (C=O) groups is 1. The lowest BCUT2D eigenvalue weighted by molar-refractivity contribution is 0.134. The summed E-state index contributed by atoms with van der Waals surface area (Å²) in [5.74, 6) is -0.298. The maximum absolute atomic E-state index is 14.2. The Labute approximate surface area is 177 Å². The van der Waals surface area contributed by atoms with Crippen LogP contribution in [0.25, 0.3) is 11.1 Å². The van der Waals surface area contributed by atoms with Gasteiger partial charge in [-0.25, -0.2) is 22.3 Å². The molecule has 0 saturated carbocycles. The zero-order valence-electron chi connectivity index (χ0n) is 17.3. The topological polar surface area (TPSA) is 78.5 Å². The lowest BCUT2D eigenvalue weighted by Crippen LogP contribution is -2.59. The van der Waals surface area contributed by atoms with Gasteiger partial charge in [-0.2, -0.15) is 0 Å². The van der Waals surface area contributed by atoms with E-state index in [2.05, 4.69) is 10.0 Å². The van der Waals surface area contributed by atoms with Gasteiger partial charge in [0.25, 0.3) is 0 Å². The summed E-state index contributed by atoms with van der Waals surface area (Å²) in [5.41, 5.74) is 2.17. The number of piperidine rings is 1. The van der Waals surface area contributed by atoms with Crippen molar-refractivity contribution in [2.45, 2.75) is 38.3 Å². The highest BCUT2D eigenvalue weighted by atomic mass is 32.2. The number of hydrogen-bond acceptors (Lipinski definition) is 3. The molecular formula is C22H28FN3O3S. The molecule has 3 rings (SSSR count). The van der Waals surface area contributed by atoms with Gasteiger partial charge in [0.2, 0.25) is 10.0 Å². The third kappa shape index (κ3) is 5.58. The van der Waals surface area contributed by atoms with Crippen LogP contribution in [0, 0.1) is 5.82 Å². The van der Waals surface area contributed by atoms with Crippen LogP contribution in [-0.2, 0) is 16.4 Å². The number of amides is 2. The summed E-state index contributed by atoms with van der Waals surface area (Å²) in [5, 5.41) is 2.82. The summed E-state index contributed by atoms with van der Waals surface area (Å²) in [6, 6.07) is 13.2. The Bertz CT molecular complexity index is 997. The summed E-state index contributed by atoms with van der Waals surface area (Å²) < 4.78 is 40.7. The van der Waals surface area contributed by atoms with Gasteiger partial charge in [0.15, 0.2) is 0 Å². The molecule has 2 atom stereocenters. The SMILES string of the molecule is CCNC(=O)N1CCCC(NS(C)(=O)=O)C1Cc1cccc(-c2ccccc2F)c1. The van der Waals surface area contributed by atoms with Gasteiger partial charge in [-0.15, -0.1) is 0 Å². The fourth-order valence-electron chi connectivity index (χ4n) is 4.03. The van der Waals surface area contributed by atoms with Gasteiger partial charge in [0.05, 0.1) is 12.3 Å². The monoisotopic (exact) mass is 433 g/mol. The maximum Gasteiger partial charge on any atom is 0.317 e. The van der Waals surface area contributed by atoms with Crippen LogP contribution in [-0.4, -0.2) is 50.8 Å². The van der Waals surface area contributed by atoms with Crippen LogP contribution in [0.1, 0.15) is 25.3 Å². The van der Waals surface area contributed by atoms with Crippen molar-refractivity contribution in [1.29, 1.82) is 0 Å². The Hall–Kier alpha value is -2.45. The average Bonchev–Trinajstić information content (AvgIpc) is 2.69. The molecule has 0 aliphatic carbocycles. The van der Waals surface area contributed by atoms with Crippen LogP contribution in [0.4, 0.5) is 9.18 Å². The van der Waals surface area contributed by atoms with Gasteiger partial charge >= 0.3 is 6.03 Å². The van der Waals surface area contributed by atoms with Crippen molar-refractivity contribution < 1.29 is 17.6 Å². The highest BCUT2D eigenvalue weighted by Crippen LogP contribution is 2.26. The number of nitrogens with zero attached hydrogens (tertiary/aromatic N) is 1. The molecule has 2 unspecified atom stereocenters. The molecule has 1 heterocycles. The van der Waals surface area contributed by atoms with Crippen molar-refractivity contribution >= 4 is 16.1 Å². The first kappa shape index (κ1) is 22.2. The van der Waals surface area contributed by atoms with Gasteiger partial charge < -0.3 is 10.2 Å². The second kappa shape index (κ2) is 9.57. The van der Waals surface area contributed by atoms with E-state index < -0.39 is 10.0 Å². The summed E-state index contributed by atoms with van der Waals surface area (Å²) in [4.78, 5) is 14.3. The molecule has 2 aromatic rings. The standard InChI is InChI=1S/C22H28FN3O3S/c1-3-24-22(27)26-13-7-12-20(25-30(2,28)29)21(26)15-16-8-6-9-17(14-16)18-10-4-5-11-19(18)23/h4-6,8-11,14,20-21,25H,3,7,12-13,15H2,1-2H3,(H,24,27). The number of benzene rings is 2. The minimum absolute atomic E-state index is 0.201.